The highest BCUT2D eigenvalue weighted by Gasteiger charge is 2.29. The molecule has 1 aliphatic rings. The standard InChI is InChI=1S/C23H28FN3O4/c1-4-27(5-2)11-12-30-21-14-18(9-10-20(21)29-3)25-23(28)22-15-19(26-31-22)16-7-6-8-17(24)13-16/h6-10,13-14,22H,4-5,11-12,15H2,1-3H3,(H,25,28). The molecule has 0 radical (unpaired) electrons. The zero-order valence-electron chi connectivity index (χ0n) is 18.1. The minimum Gasteiger partial charge on any atom is -0.493 e. The molecule has 0 saturated heterocycles. The van der Waals surface area contributed by atoms with Gasteiger partial charge in [-0.3, -0.25) is 4.79 Å². The van der Waals surface area contributed by atoms with Gasteiger partial charge in [0.2, 0.25) is 6.10 Å². The number of carbonyl (C=O) groups excluding carboxylic acids is 1. The summed E-state index contributed by atoms with van der Waals surface area (Å²) in [5.74, 6) is 0.442. The van der Waals surface area contributed by atoms with Gasteiger partial charge in [-0.05, 0) is 37.4 Å². The minimum absolute atomic E-state index is 0.263. The number of hydrogen-bond acceptors (Lipinski definition) is 6. The summed E-state index contributed by atoms with van der Waals surface area (Å²) in [7, 11) is 1.57. The van der Waals surface area contributed by atoms with E-state index in [0.29, 0.717) is 35.1 Å². The fraction of sp³-hybridized carbons (Fsp3) is 0.391. The second kappa shape index (κ2) is 10.8. The fourth-order valence-corrected chi connectivity index (χ4v) is 3.27. The Morgan fingerprint density at radius 1 is 1.23 bits per heavy atom. The van der Waals surface area contributed by atoms with Crippen molar-refractivity contribution in [3.8, 4) is 11.5 Å². The molecule has 8 heteroatoms. The Hall–Kier alpha value is -3.13. The summed E-state index contributed by atoms with van der Waals surface area (Å²) in [6.45, 7) is 7.42. The summed E-state index contributed by atoms with van der Waals surface area (Å²) in [5, 5.41) is 6.77. The maximum Gasteiger partial charge on any atom is 0.268 e. The van der Waals surface area contributed by atoms with Crippen molar-refractivity contribution in [2.45, 2.75) is 26.4 Å². The van der Waals surface area contributed by atoms with Crippen LogP contribution >= 0.6 is 0 Å². The molecule has 0 aromatic heterocycles. The van der Waals surface area contributed by atoms with Gasteiger partial charge in [0.25, 0.3) is 5.91 Å². The molecule has 0 bridgehead atoms. The lowest BCUT2D eigenvalue weighted by atomic mass is 10.0. The monoisotopic (exact) mass is 429 g/mol. The molecule has 1 N–H and O–H groups in total. The third-order valence-electron chi connectivity index (χ3n) is 5.11. The SMILES string of the molecule is CCN(CC)CCOc1cc(NC(=O)C2CC(c3cccc(F)c3)=NO2)ccc1OC. The summed E-state index contributed by atoms with van der Waals surface area (Å²) in [4.78, 5) is 20.2. The van der Waals surface area contributed by atoms with Gasteiger partial charge in [0.1, 0.15) is 12.4 Å². The number of anilines is 1. The van der Waals surface area contributed by atoms with Gasteiger partial charge < -0.3 is 24.5 Å². The number of methoxy groups -OCH3 is 1. The molecule has 0 fully saturated rings. The van der Waals surface area contributed by atoms with Crippen molar-refractivity contribution < 1.29 is 23.5 Å². The maximum atomic E-state index is 13.4. The zero-order valence-corrected chi connectivity index (χ0v) is 18.1. The van der Waals surface area contributed by atoms with Gasteiger partial charge in [0, 0.05) is 30.3 Å². The number of nitrogens with zero attached hydrogens (tertiary/aromatic N) is 2. The van der Waals surface area contributed by atoms with Crippen molar-refractivity contribution in [2.24, 2.45) is 5.16 Å². The first-order chi connectivity index (χ1) is 15.0. The van der Waals surface area contributed by atoms with Gasteiger partial charge in [0.05, 0.1) is 12.8 Å². The van der Waals surface area contributed by atoms with Crippen LogP contribution in [0.15, 0.2) is 47.6 Å². The van der Waals surface area contributed by atoms with E-state index in [2.05, 4.69) is 29.2 Å². The van der Waals surface area contributed by atoms with Gasteiger partial charge >= 0.3 is 0 Å². The maximum absolute atomic E-state index is 13.4. The summed E-state index contributed by atoms with van der Waals surface area (Å²) < 4.78 is 24.7. The lowest BCUT2D eigenvalue weighted by molar-refractivity contribution is -0.125. The molecular weight excluding hydrogens is 401 g/mol. The second-order valence-electron chi connectivity index (χ2n) is 7.08. The Morgan fingerprint density at radius 3 is 2.74 bits per heavy atom. The van der Waals surface area contributed by atoms with E-state index >= 15 is 0 Å². The average molecular weight is 429 g/mol. The van der Waals surface area contributed by atoms with Crippen LogP contribution in [-0.4, -0.2) is 56.0 Å². The second-order valence-corrected chi connectivity index (χ2v) is 7.08. The number of benzene rings is 2. The van der Waals surface area contributed by atoms with Crippen molar-refractivity contribution >= 4 is 17.3 Å². The van der Waals surface area contributed by atoms with Crippen LogP contribution < -0.4 is 14.8 Å². The van der Waals surface area contributed by atoms with E-state index in [1.807, 2.05) is 0 Å². The first-order valence-electron chi connectivity index (χ1n) is 10.4. The van der Waals surface area contributed by atoms with Crippen LogP contribution in [0, 0.1) is 5.82 Å². The van der Waals surface area contributed by atoms with E-state index < -0.39 is 6.10 Å². The van der Waals surface area contributed by atoms with E-state index in [9.17, 15) is 9.18 Å². The highest BCUT2D eigenvalue weighted by molar-refractivity contribution is 6.06. The summed E-state index contributed by atoms with van der Waals surface area (Å²) in [5.41, 5.74) is 1.70. The van der Waals surface area contributed by atoms with Crippen LogP contribution in [0.25, 0.3) is 0 Å². The molecule has 3 rings (SSSR count). The number of rotatable bonds is 10. The Morgan fingerprint density at radius 2 is 2.03 bits per heavy atom. The zero-order chi connectivity index (χ0) is 22.2. The topological polar surface area (TPSA) is 72.4 Å². The van der Waals surface area contributed by atoms with E-state index in [1.54, 1.807) is 37.4 Å². The molecule has 1 unspecified atom stereocenters. The molecule has 2 aromatic rings. The number of halogens is 1. The quantitative estimate of drug-likeness (QED) is 0.624. The number of amides is 1. The molecule has 1 aliphatic heterocycles. The van der Waals surface area contributed by atoms with Crippen LogP contribution in [0.4, 0.5) is 10.1 Å². The largest absolute Gasteiger partial charge is 0.493 e. The molecule has 1 heterocycles. The third kappa shape index (κ3) is 5.95. The van der Waals surface area contributed by atoms with Crippen LogP contribution in [0.1, 0.15) is 25.8 Å². The predicted molar refractivity (Wildman–Crippen MR) is 117 cm³/mol. The molecule has 0 saturated carbocycles. The molecule has 7 nitrogen and oxygen atoms in total. The summed E-state index contributed by atoms with van der Waals surface area (Å²) in [6.07, 6.45) is -0.522. The smallest absolute Gasteiger partial charge is 0.268 e. The molecule has 31 heavy (non-hydrogen) atoms. The van der Waals surface area contributed by atoms with E-state index in [1.165, 1.54) is 12.1 Å². The van der Waals surface area contributed by atoms with Gasteiger partial charge in [-0.1, -0.05) is 31.1 Å². The van der Waals surface area contributed by atoms with Crippen molar-refractivity contribution in [2.75, 3.05) is 38.7 Å². The number of carbonyl (C=O) groups is 1. The Labute approximate surface area is 181 Å². The predicted octanol–water partition coefficient (Wildman–Crippen LogP) is 3.69. The van der Waals surface area contributed by atoms with Crippen LogP contribution in [-0.2, 0) is 9.63 Å². The van der Waals surface area contributed by atoms with E-state index in [-0.39, 0.29) is 18.1 Å². The molecule has 2 aromatic carbocycles. The Kier molecular flexibility index (Phi) is 7.83. The number of hydrogen-bond donors (Lipinski definition) is 1. The summed E-state index contributed by atoms with van der Waals surface area (Å²) >= 11 is 0. The van der Waals surface area contributed by atoms with Crippen molar-refractivity contribution in [3.05, 3.63) is 53.8 Å². The van der Waals surface area contributed by atoms with Crippen molar-refractivity contribution in [1.82, 2.24) is 4.90 Å². The van der Waals surface area contributed by atoms with Crippen LogP contribution in [0.5, 0.6) is 11.5 Å². The highest BCUT2D eigenvalue weighted by atomic mass is 19.1. The summed E-state index contributed by atoms with van der Waals surface area (Å²) in [6, 6.07) is 11.3. The first-order valence-corrected chi connectivity index (χ1v) is 10.4. The number of oxime groups is 1. The normalized spacial score (nSPS) is 15.4. The average Bonchev–Trinajstić information content (AvgIpc) is 3.27. The molecule has 0 spiro atoms. The fourth-order valence-electron chi connectivity index (χ4n) is 3.27. The van der Waals surface area contributed by atoms with Crippen LogP contribution in [0.2, 0.25) is 0 Å². The van der Waals surface area contributed by atoms with Gasteiger partial charge in [0.15, 0.2) is 11.5 Å². The van der Waals surface area contributed by atoms with Gasteiger partial charge in [-0.2, -0.15) is 0 Å². The highest BCUT2D eigenvalue weighted by Crippen LogP contribution is 2.30. The lowest BCUT2D eigenvalue weighted by Crippen LogP contribution is -2.28. The Balaban J connectivity index is 1.60. The van der Waals surface area contributed by atoms with Crippen molar-refractivity contribution in [1.29, 1.82) is 0 Å². The molecule has 0 aliphatic carbocycles. The van der Waals surface area contributed by atoms with Crippen molar-refractivity contribution in [3.63, 3.8) is 0 Å². The van der Waals surface area contributed by atoms with E-state index in [0.717, 1.165) is 19.6 Å². The molecule has 1 atom stereocenters. The first kappa shape index (κ1) is 22.6. The van der Waals surface area contributed by atoms with Gasteiger partial charge in [-0.25, -0.2) is 4.39 Å². The molecule has 1 amide bonds. The van der Waals surface area contributed by atoms with E-state index in [4.69, 9.17) is 14.3 Å². The number of likely N-dealkylation sites (N-methyl/N-ethyl adjacent to an activating group) is 1. The Bertz CT molecular complexity index is 931. The lowest BCUT2D eigenvalue weighted by Gasteiger charge is -2.19. The minimum atomic E-state index is -0.785. The van der Waals surface area contributed by atoms with Crippen LogP contribution in [0.3, 0.4) is 0 Å². The van der Waals surface area contributed by atoms with Gasteiger partial charge in [-0.15, -0.1) is 0 Å². The number of nitrogens with one attached hydrogen (secondary N) is 1. The molecule has 166 valence electrons. The third-order valence-corrected chi connectivity index (χ3v) is 5.11. The number of ether oxygens (including phenoxy) is 2. The molecular formula is C23H28FN3O4.